The maximum Gasteiger partial charge on any atom is 0.0275 e. The first-order valence-electron chi connectivity index (χ1n) is 4.26. The number of terminal acetylenes is 1. The predicted octanol–water partition coefficient (Wildman–Crippen LogP) is 2.75. The first-order valence-corrected chi connectivity index (χ1v) is 7.40. The Morgan fingerprint density at radius 2 is 1.69 bits per heavy atom. The predicted molar refractivity (Wildman–Crippen MR) is 64.1 cm³/mol. The van der Waals surface area contributed by atoms with Crippen molar-refractivity contribution in [2.24, 2.45) is 0 Å². The lowest BCUT2D eigenvalue weighted by Gasteiger charge is -2.13. The van der Waals surface area contributed by atoms with Crippen molar-refractivity contribution in [2.75, 3.05) is 20.0 Å². The second kappa shape index (κ2) is 3.86. The van der Waals surface area contributed by atoms with E-state index < -0.39 is 6.89 Å². The molecule has 0 heterocycles. The second-order valence-electron chi connectivity index (χ2n) is 3.87. The van der Waals surface area contributed by atoms with E-state index in [1.165, 1.54) is 10.9 Å². The molecule has 0 saturated carbocycles. The highest BCUT2D eigenvalue weighted by molar-refractivity contribution is 7.75. The minimum absolute atomic E-state index is 1.07. The van der Waals surface area contributed by atoms with Gasteiger partial charge in [0.25, 0.3) is 0 Å². The molecule has 0 aliphatic heterocycles. The zero-order valence-corrected chi connectivity index (χ0v) is 9.31. The molecule has 68 valence electrons. The van der Waals surface area contributed by atoms with E-state index in [0.29, 0.717) is 0 Å². The molecule has 0 bridgehead atoms. The molecule has 0 aliphatic carbocycles. The number of benzene rings is 1. The SMILES string of the molecule is C#CC(c1ccccc1)=P(C)(C)C. The average Bonchev–Trinajstić information content (AvgIpc) is 2.05. The van der Waals surface area contributed by atoms with E-state index in [1.54, 1.807) is 0 Å². The van der Waals surface area contributed by atoms with Gasteiger partial charge in [-0.05, 0) is 25.6 Å². The van der Waals surface area contributed by atoms with Gasteiger partial charge in [0.2, 0.25) is 0 Å². The van der Waals surface area contributed by atoms with E-state index in [-0.39, 0.29) is 0 Å². The number of rotatable bonds is 1. The molecule has 0 amide bonds. The molecule has 0 N–H and O–H groups in total. The van der Waals surface area contributed by atoms with Crippen molar-refractivity contribution in [3.05, 3.63) is 35.9 Å². The molecule has 0 radical (unpaired) electrons. The van der Waals surface area contributed by atoms with Crippen LogP contribution in [0.25, 0.3) is 0 Å². The largest absolute Gasteiger partial charge is 0.115 e. The molecule has 1 aromatic carbocycles. The van der Waals surface area contributed by atoms with Crippen LogP contribution in [-0.2, 0) is 0 Å². The van der Waals surface area contributed by atoms with Crippen LogP contribution >= 0.6 is 6.89 Å². The maximum absolute atomic E-state index is 5.53. The summed E-state index contributed by atoms with van der Waals surface area (Å²) in [6.45, 7) is 5.67. The van der Waals surface area contributed by atoms with Crippen LogP contribution < -0.4 is 0 Å². The maximum atomic E-state index is 5.53. The fourth-order valence-electron chi connectivity index (χ4n) is 1.26. The van der Waals surface area contributed by atoms with E-state index in [4.69, 9.17) is 6.42 Å². The summed E-state index contributed by atoms with van der Waals surface area (Å²) in [6, 6.07) is 10.2. The summed E-state index contributed by atoms with van der Waals surface area (Å²) in [4.78, 5) is 0. The third-order valence-corrected chi connectivity index (χ3v) is 3.58. The molecule has 1 aromatic rings. The minimum atomic E-state index is -1.07. The fraction of sp³-hybridized carbons (Fsp3) is 0.250. The third kappa shape index (κ3) is 2.51. The monoisotopic (exact) mass is 190 g/mol. The van der Waals surface area contributed by atoms with Crippen LogP contribution in [0.1, 0.15) is 5.56 Å². The Morgan fingerprint density at radius 3 is 2.08 bits per heavy atom. The van der Waals surface area contributed by atoms with Crippen LogP contribution in [-0.4, -0.2) is 25.3 Å². The Kier molecular flexibility index (Phi) is 3.02. The standard InChI is InChI=1S/C12H15P/c1-5-12(13(2,3)4)11-9-7-6-8-10-11/h1,6-10H,2-4H3. The molecule has 0 atom stereocenters. The lowest BCUT2D eigenvalue weighted by molar-refractivity contribution is 1.68. The minimum Gasteiger partial charge on any atom is -0.115 e. The van der Waals surface area contributed by atoms with E-state index in [1.807, 2.05) is 18.2 Å². The zero-order valence-electron chi connectivity index (χ0n) is 8.41. The molecular weight excluding hydrogens is 175 g/mol. The molecule has 1 rings (SSSR count). The summed E-state index contributed by atoms with van der Waals surface area (Å²) in [5.41, 5.74) is 1.20. The highest BCUT2D eigenvalue weighted by Crippen LogP contribution is 2.37. The quantitative estimate of drug-likeness (QED) is 0.472. The van der Waals surface area contributed by atoms with Crippen LogP contribution in [0.4, 0.5) is 0 Å². The van der Waals surface area contributed by atoms with Gasteiger partial charge in [-0.3, -0.25) is 0 Å². The van der Waals surface area contributed by atoms with Gasteiger partial charge in [-0.25, -0.2) is 0 Å². The first-order chi connectivity index (χ1) is 6.05. The van der Waals surface area contributed by atoms with Crippen molar-refractivity contribution in [3.63, 3.8) is 0 Å². The van der Waals surface area contributed by atoms with Crippen molar-refractivity contribution in [1.29, 1.82) is 0 Å². The molecule has 0 saturated heterocycles. The molecule has 0 aromatic heterocycles. The summed E-state index contributed by atoms with van der Waals surface area (Å²) >= 11 is 0. The third-order valence-electron chi connectivity index (χ3n) is 1.85. The van der Waals surface area contributed by atoms with Gasteiger partial charge in [0.05, 0.1) is 0 Å². The van der Waals surface area contributed by atoms with Gasteiger partial charge in [-0.1, -0.05) is 43.1 Å². The van der Waals surface area contributed by atoms with Crippen molar-refractivity contribution >= 4 is 12.2 Å². The first kappa shape index (κ1) is 10.2. The summed E-state index contributed by atoms with van der Waals surface area (Å²) < 4.78 is 0. The lowest BCUT2D eigenvalue weighted by atomic mass is 10.2. The summed E-state index contributed by atoms with van der Waals surface area (Å²) in [6.07, 6.45) is 5.53. The lowest BCUT2D eigenvalue weighted by Crippen LogP contribution is -1.99. The van der Waals surface area contributed by atoms with Crippen LogP contribution in [0.2, 0.25) is 0 Å². The van der Waals surface area contributed by atoms with Crippen LogP contribution in [0.3, 0.4) is 0 Å². The molecule has 1 heteroatoms. The summed E-state index contributed by atoms with van der Waals surface area (Å²) in [5.74, 6) is 2.82. The molecule has 0 fully saturated rings. The highest BCUT2D eigenvalue weighted by atomic mass is 31.2. The van der Waals surface area contributed by atoms with Crippen molar-refractivity contribution in [3.8, 4) is 12.3 Å². The zero-order chi connectivity index (χ0) is 9.90. The molecule has 13 heavy (non-hydrogen) atoms. The van der Waals surface area contributed by atoms with Crippen LogP contribution in [0, 0.1) is 12.3 Å². The van der Waals surface area contributed by atoms with Crippen LogP contribution in [0.15, 0.2) is 30.3 Å². The molecule has 0 spiro atoms. The molecule has 0 aliphatic rings. The normalized spacial score (nSPS) is 10.6. The molecule has 0 unspecified atom stereocenters. The number of hydrogen-bond acceptors (Lipinski definition) is 0. The highest BCUT2D eigenvalue weighted by Gasteiger charge is 2.05. The molecule has 0 nitrogen and oxygen atoms in total. The van der Waals surface area contributed by atoms with E-state index in [9.17, 15) is 0 Å². The Bertz CT molecular complexity index is 365. The number of hydrogen-bond donors (Lipinski definition) is 0. The fourth-order valence-corrected chi connectivity index (χ4v) is 2.57. The van der Waals surface area contributed by atoms with Crippen molar-refractivity contribution in [2.45, 2.75) is 0 Å². The Balaban J connectivity index is 3.33. The smallest absolute Gasteiger partial charge is 0.0275 e. The second-order valence-corrected chi connectivity index (χ2v) is 8.34. The molecular formula is C12H15P. The van der Waals surface area contributed by atoms with Gasteiger partial charge < -0.3 is 0 Å². The van der Waals surface area contributed by atoms with Gasteiger partial charge in [0, 0.05) is 5.29 Å². The van der Waals surface area contributed by atoms with E-state index in [0.717, 1.165) is 0 Å². The van der Waals surface area contributed by atoms with Gasteiger partial charge in [-0.15, -0.1) is 6.42 Å². The van der Waals surface area contributed by atoms with Gasteiger partial charge >= 0.3 is 0 Å². The van der Waals surface area contributed by atoms with Gasteiger partial charge in [-0.2, -0.15) is 0 Å². The Labute approximate surface area is 81.0 Å². The summed E-state index contributed by atoms with van der Waals surface area (Å²) in [5, 5.41) is 1.17. The van der Waals surface area contributed by atoms with Crippen molar-refractivity contribution < 1.29 is 0 Å². The topological polar surface area (TPSA) is 0 Å². The van der Waals surface area contributed by atoms with Gasteiger partial charge in [0.1, 0.15) is 0 Å². The Morgan fingerprint density at radius 1 is 1.15 bits per heavy atom. The summed E-state index contributed by atoms with van der Waals surface area (Å²) in [7, 11) is 0. The van der Waals surface area contributed by atoms with E-state index >= 15 is 0 Å². The average molecular weight is 190 g/mol. The Hall–Kier alpha value is -0.920. The van der Waals surface area contributed by atoms with Crippen LogP contribution in [0.5, 0.6) is 0 Å². The van der Waals surface area contributed by atoms with Crippen molar-refractivity contribution in [1.82, 2.24) is 0 Å². The van der Waals surface area contributed by atoms with E-state index in [2.05, 4.69) is 38.0 Å². The van der Waals surface area contributed by atoms with Gasteiger partial charge in [0.15, 0.2) is 0 Å².